The number of ether oxygens (including phenoxy) is 1. The number of hydrogen-bond acceptors (Lipinski definition) is 5. The first-order valence-electron chi connectivity index (χ1n) is 5.59. The molecule has 0 aliphatic carbocycles. The van der Waals surface area contributed by atoms with Crippen LogP contribution >= 0.6 is 0 Å². The summed E-state index contributed by atoms with van der Waals surface area (Å²) in [6.07, 6.45) is 5.61. The molecule has 0 atom stereocenters. The second kappa shape index (κ2) is 5.86. The van der Waals surface area contributed by atoms with Gasteiger partial charge in [-0.15, -0.1) is 0 Å². The van der Waals surface area contributed by atoms with Gasteiger partial charge >= 0.3 is 0 Å². The quantitative estimate of drug-likeness (QED) is 0.748. The Labute approximate surface area is 105 Å². The van der Waals surface area contributed by atoms with E-state index in [0.717, 1.165) is 5.69 Å². The van der Waals surface area contributed by atoms with Crippen molar-refractivity contribution in [2.45, 2.75) is 12.8 Å². The molecule has 5 heteroatoms. The first kappa shape index (κ1) is 12.2. The second-order valence-corrected chi connectivity index (χ2v) is 3.66. The van der Waals surface area contributed by atoms with Gasteiger partial charge in [-0.2, -0.15) is 0 Å². The van der Waals surface area contributed by atoms with Crippen LogP contribution in [0.3, 0.4) is 0 Å². The molecule has 0 amide bonds. The van der Waals surface area contributed by atoms with Crippen molar-refractivity contribution in [1.29, 1.82) is 0 Å². The van der Waals surface area contributed by atoms with Gasteiger partial charge in [-0.05, 0) is 18.6 Å². The van der Waals surface area contributed by atoms with Crippen molar-refractivity contribution >= 4 is 5.78 Å². The van der Waals surface area contributed by atoms with Crippen molar-refractivity contribution in [3.05, 3.63) is 48.2 Å². The molecule has 0 saturated carbocycles. The minimum absolute atomic E-state index is 0.0920. The SMILES string of the molecule is COc1nccnc1C(=O)CCc1ccccn1. The molecule has 0 aliphatic rings. The smallest absolute Gasteiger partial charge is 0.243 e. The highest BCUT2D eigenvalue weighted by Gasteiger charge is 2.14. The Kier molecular flexibility index (Phi) is 3.96. The Morgan fingerprint density at radius 2 is 2.00 bits per heavy atom. The normalized spacial score (nSPS) is 10.1. The molecule has 0 bridgehead atoms. The average Bonchev–Trinajstić information content (AvgIpc) is 2.45. The molecule has 18 heavy (non-hydrogen) atoms. The number of methoxy groups -OCH3 is 1. The zero-order chi connectivity index (χ0) is 12.8. The van der Waals surface area contributed by atoms with Gasteiger partial charge in [-0.25, -0.2) is 9.97 Å². The van der Waals surface area contributed by atoms with Crippen molar-refractivity contribution in [1.82, 2.24) is 15.0 Å². The summed E-state index contributed by atoms with van der Waals surface area (Å²) in [5, 5.41) is 0. The third-order valence-corrected chi connectivity index (χ3v) is 2.46. The summed E-state index contributed by atoms with van der Waals surface area (Å²) in [4.78, 5) is 24.1. The predicted molar refractivity (Wildman–Crippen MR) is 65.5 cm³/mol. The molecule has 2 rings (SSSR count). The van der Waals surface area contributed by atoms with Crippen LogP contribution in [0.4, 0.5) is 0 Å². The highest BCUT2D eigenvalue weighted by atomic mass is 16.5. The molecule has 0 fully saturated rings. The summed E-state index contributed by atoms with van der Waals surface area (Å²) in [7, 11) is 1.47. The highest BCUT2D eigenvalue weighted by molar-refractivity contribution is 5.96. The third-order valence-electron chi connectivity index (χ3n) is 2.46. The number of carbonyl (C=O) groups is 1. The number of aryl methyl sites for hydroxylation is 1. The van der Waals surface area contributed by atoms with Crippen molar-refractivity contribution in [2.24, 2.45) is 0 Å². The number of nitrogens with zero attached hydrogens (tertiary/aromatic N) is 3. The van der Waals surface area contributed by atoms with E-state index >= 15 is 0 Å². The van der Waals surface area contributed by atoms with Gasteiger partial charge in [0.05, 0.1) is 7.11 Å². The van der Waals surface area contributed by atoms with Gasteiger partial charge in [0.2, 0.25) is 5.88 Å². The Bertz CT molecular complexity index is 529. The molecule has 0 spiro atoms. The van der Waals surface area contributed by atoms with E-state index in [1.807, 2.05) is 18.2 Å². The van der Waals surface area contributed by atoms with Gasteiger partial charge < -0.3 is 4.74 Å². The van der Waals surface area contributed by atoms with Crippen LogP contribution in [0.1, 0.15) is 22.6 Å². The summed E-state index contributed by atoms with van der Waals surface area (Å²) < 4.78 is 5.01. The van der Waals surface area contributed by atoms with Gasteiger partial charge in [0, 0.05) is 30.7 Å². The van der Waals surface area contributed by atoms with E-state index in [1.54, 1.807) is 6.20 Å². The molecule has 0 radical (unpaired) electrons. The number of Topliss-reactive ketones (excluding diaryl/α,β-unsaturated/α-hetero) is 1. The Morgan fingerprint density at radius 1 is 1.17 bits per heavy atom. The summed E-state index contributed by atoms with van der Waals surface area (Å²) in [6.45, 7) is 0. The lowest BCUT2D eigenvalue weighted by molar-refractivity contribution is 0.0973. The van der Waals surface area contributed by atoms with E-state index in [4.69, 9.17) is 4.74 Å². The van der Waals surface area contributed by atoms with Gasteiger partial charge in [0.15, 0.2) is 11.5 Å². The summed E-state index contributed by atoms with van der Waals surface area (Å²) >= 11 is 0. The Morgan fingerprint density at radius 3 is 2.72 bits per heavy atom. The summed E-state index contributed by atoms with van der Waals surface area (Å²) in [6, 6.07) is 5.63. The third kappa shape index (κ3) is 2.88. The van der Waals surface area contributed by atoms with E-state index in [0.29, 0.717) is 12.8 Å². The van der Waals surface area contributed by atoms with Crippen LogP contribution in [0.15, 0.2) is 36.8 Å². The van der Waals surface area contributed by atoms with Crippen LogP contribution in [-0.4, -0.2) is 27.8 Å². The second-order valence-electron chi connectivity index (χ2n) is 3.66. The Hall–Kier alpha value is -2.30. The Balaban J connectivity index is 2.04. The van der Waals surface area contributed by atoms with Gasteiger partial charge in [0.25, 0.3) is 0 Å². The fraction of sp³-hybridized carbons (Fsp3) is 0.231. The molecule has 0 saturated heterocycles. The molecule has 2 heterocycles. The highest BCUT2D eigenvalue weighted by Crippen LogP contribution is 2.13. The van der Waals surface area contributed by atoms with Crippen LogP contribution in [0, 0.1) is 0 Å². The van der Waals surface area contributed by atoms with E-state index in [9.17, 15) is 4.79 Å². The van der Waals surface area contributed by atoms with Crippen LogP contribution < -0.4 is 4.74 Å². The van der Waals surface area contributed by atoms with Gasteiger partial charge in [-0.3, -0.25) is 9.78 Å². The zero-order valence-electron chi connectivity index (χ0n) is 10.0. The van der Waals surface area contributed by atoms with Crippen LogP contribution in [-0.2, 0) is 6.42 Å². The minimum Gasteiger partial charge on any atom is -0.479 e. The molecular formula is C13H13N3O2. The summed E-state index contributed by atoms with van der Waals surface area (Å²) in [5.41, 5.74) is 1.16. The lowest BCUT2D eigenvalue weighted by Crippen LogP contribution is -2.07. The van der Waals surface area contributed by atoms with Crippen molar-refractivity contribution < 1.29 is 9.53 Å². The van der Waals surface area contributed by atoms with E-state index in [-0.39, 0.29) is 17.4 Å². The molecule has 0 aromatic carbocycles. The maximum absolute atomic E-state index is 12.0. The lowest BCUT2D eigenvalue weighted by Gasteiger charge is -2.04. The summed E-state index contributed by atoms with van der Waals surface area (Å²) in [5.74, 6) is 0.175. The average molecular weight is 243 g/mol. The number of hydrogen-bond donors (Lipinski definition) is 0. The van der Waals surface area contributed by atoms with Gasteiger partial charge in [-0.1, -0.05) is 6.07 Å². The molecule has 2 aromatic heterocycles. The standard InChI is InChI=1S/C13H13N3O2/c1-18-13-12(15-8-9-16-13)11(17)6-5-10-4-2-3-7-14-10/h2-4,7-9H,5-6H2,1H3. The van der Waals surface area contributed by atoms with Gasteiger partial charge in [0.1, 0.15) is 0 Å². The van der Waals surface area contributed by atoms with Crippen LogP contribution in [0.25, 0.3) is 0 Å². The molecule has 0 unspecified atom stereocenters. The first-order valence-corrected chi connectivity index (χ1v) is 5.59. The number of pyridine rings is 1. The van der Waals surface area contributed by atoms with E-state index in [2.05, 4.69) is 15.0 Å². The van der Waals surface area contributed by atoms with E-state index < -0.39 is 0 Å². The largest absolute Gasteiger partial charge is 0.479 e. The molecule has 0 N–H and O–H groups in total. The topological polar surface area (TPSA) is 65.0 Å². The fourth-order valence-corrected chi connectivity index (χ4v) is 1.57. The maximum Gasteiger partial charge on any atom is 0.243 e. The van der Waals surface area contributed by atoms with Crippen molar-refractivity contribution in [3.63, 3.8) is 0 Å². The monoisotopic (exact) mass is 243 g/mol. The molecular weight excluding hydrogens is 230 g/mol. The minimum atomic E-state index is -0.0920. The molecule has 2 aromatic rings. The number of ketones is 1. The number of rotatable bonds is 5. The lowest BCUT2D eigenvalue weighted by atomic mass is 10.1. The van der Waals surface area contributed by atoms with E-state index in [1.165, 1.54) is 19.5 Å². The molecule has 92 valence electrons. The zero-order valence-corrected chi connectivity index (χ0v) is 10.0. The fourth-order valence-electron chi connectivity index (χ4n) is 1.57. The van der Waals surface area contributed by atoms with Crippen LogP contribution in [0.5, 0.6) is 5.88 Å². The van der Waals surface area contributed by atoms with Crippen LogP contribution in [0.2, 0.25) is 0 Å². The van der Waals surface area contributed by atoms with Crippen molar-refractivity contribution in [2.75, 3.05) is 7.11 Å². The molecule has 0 aliphatic heterocycles. The number of aromatic nitrogens is 3. The van der Waals surface area contributed by atoms with Crippen molar-refractivity contribution in [3.8, 4) is 5.88 Å². The maximum atomic E-state index is 12.0. The molecule has 5 nitrogen and oxygen atoms in total. The number of carbonyl (C=O) groups excluding carboxylic acids is 1. The predicted octanol–water partition coefficient (Wildman–Crippen LogP) is 1.70. The first-order chi connectivity index (χ1) is 8.81.